The number of aromatic carboxylic acids is 1. The molecule has 0 radical (unpaired) electrons. The molecule has 1 amide bonds. The van der Waals surface area contributed by atoms with Crippen molar-refractivity contribution in [3.8, 4) is 5.75 Å². The average molecular weight is 362 g/mol. The van der Waals surface area contributed by atoms with Crippen LogP contribution in [0.3, 0.4) is 0 Å². The smallest absolute Gasteiger partial charge is 0.371 e. The minimum Gasteiger partial charge on any atom is -0.484 e. The standard InChI is InChI=1S/C17H12ClNO6/c18-12-8-10(3-4-13(12)24-9-11-2-1-7-23-11)19-16(20)14-5-6-15(25-14)17(21)22/h1-8H,9H2,(H,19,20)(H,21,22). The van der Waals surface area contributed by atoms with Gasteiger partial charge in [0.05, 0.1) is 11.3 Å². The Bertz CT molecular complexity index is 900. The van der Waals surface area contributed by atoms with Crippen LogP contribution in [-0.4, -0.2) is 17.0 Å². The van der Waals surface area contributed by atoms with E-state index in [2.05, 4.69) is 5.32 Å². The molecule has 25 heavy (non-hydrogen) atoms. The molecular weight excluding hydrogens is 350 g/mol. The molecule has 0 unspecified atom stereocenters. The van der Waals surface area contributed by atoms with E-state index in [9.17, 15) is 9.59 Å². The third-order valence-electron chi connectivity index (χ3n) is 3.18. The molecule has 0 saturated carbocycles. The van der Waals surface area contributed by atoms with Crippen LogP contribution in [-0.2, 0) is 6.61 Å². The third kappa shape index (κ3) is 4.02. The van der Waals surface area contributed by atoms with Crippen LogP contribution in [0.2, 0.25) is 5.02 Å². The van der Waals surface area contributed by atoms with Crippen LogP contribution in [0.1, 0.15) is 26.9 Å². The van der Waals surface area contributed by atoms with Crippen LogP contribution in [0.15, 0.2) is 57.6 Å². The number of rotatable bonds is 6. The van der Waals surface area contributed by atoms with E-state index in [-0.39, 0.29) is 18.1 Å². The third-order valence-corrected chi connectivity index (χ3v) is 3.48. The van der Waals surface area contributed by atoms with Crippen molar-refractivity contribution in [1.29, 1.82) is 0 Å². The molecule has 0 saturated heterocycles. The fourth-order valence-electron chi connectivity index (χ4n) is 2.01. The molecule has 2 aromatic heterocycles. The monoisotopic (exact) mass is 361 g/mol. The molecule has 0 spiro atoms. The second-order valence-electron chi connectivity index (χ2n) is 4.94. The highest BCUT2D eigenvalue weighted by Crippen LogP contribution is 2.28. The Morgan fingerprint density at radius 1 is 1.16 bits per heavy atom. The number of carbonyl (C=O) groups is 2. The first-order valence-electron chi connectivity index (χ1n) is 7.12. The summed E-state index contributed by atoms with van der Waals surface area (Å²) < 4.78 is 15.6. The van der Waals surface area contributed by atoms with Crippen LogP contribution in [0, 0.1) is 0 Å². The van der Waals surface area contributed by atoms with Gasteiger partial charge in [0, 0.05) is 5.69 Å². The summed E-state index contributed by atoms with van der Waals surface area (Å²) in [5.41, 5.74) is 0.411. The maximum Gasteiger partial charge on any atom is 0.371 e. The first-order chi connectivity index (χ1) is 12.0. The Kier molecular flexibility index (Phi) is 4.76. The molecule has 0 aliphatic rings. The predicted octanol–water partition coefficient (Wildman–Crippen LogP) is 4.06. The van der Waals surface area contributed by atoms with Gasteiger partial charge in [0.1, 0.15) is 18.1 Å². The van der Waals surface area contributed by atoms with Crippen molar-refractivity contribution in [3.05, 3.63) is 71.0 Å². The lowest BCUT2D eigenvalue weighted by Crippen LogP contribution is -2.11. The lowest BCUT2D eigenvalue weighted by atomic mass is 10.3. The molecule has 3 aromatic rings. The van der Waals surface area contributed by atoms with E-state index in [1.54, 1.807) is 30.5 Å². The van der Waals surface area contributed by atoms with Gasteiger partial charge in [-0.1, -0.05) is 11.6 Å². The number of anilines is 1. The van der Waals surface area contributed by atoms with Crippen molar-refractivity contribution in [2.45, 2.75) is 6.61 Å². The maximum absolute atomic E-state index is 12.0. The van der Waals surface area contributed by atoms with Gasteiger partial charge < -0.3 is 24.0 Å². The summed E-state index contributed by atoms with van der Waals surface area (Å²) >= 11 is 6.14. The number of hydrogen-bond donors (Lipinski definition) is 2. The van der Waals surface area contributed by atoms with Crippen molar-refractivity contribution in [3.63, 3.8) is 0 Å². The summed E-state index contributed by atoms with van der Waals surface area (Å²) in [5.74, 6) is -1.19. The van der Waals surface area contributed by atoms with E-state index in [4.69, 9.17) is 30.3 Å². The first kappa shape index (κ1) is 16.7. The molecule has 0 atom stereocenters. The zero-order valence-corrected chi connectivity index (χ0v) is 13.4. The quantitative estimate of drug-likeness (QED) is 0.686. The summed E-state index contributed by atoms with van der Waals surface area (Å²) in [6, 6.07) is 10.7. The predicted molar refractivity (Wildman–Crippen MR) is 88.1 cm³/mol. The number of carbonyl (C=O) groups excluding carboxylic acids is 1. The minimum atomic E-state index is -1.25. The highest BCUT2D eigenvalue weighted by atomic mass is 35.5. The van der Waals surface area contributed by atoms with Gasteiger partial charge in [-0.2, -0.15) is 0 Å². The van der Waals surface area contributed by atoms with Crippen molar-refractivity contribution >= 4 is 29.2 Å². The second-order valence-corrected chi connectivity index (χ2v) is 5.34. The van der Waals surface area contributed by atoms with Crippen molar-refractivity contribution in [2.75, 3.05) is 5.32 Å². The van der Waals surface area contributed by atoms with E-state index < -0.39 is 11.9 Å². The Balaban J connectivity index is 1.65. The van der Waals surface area contributed by atoms with Gasteiger partial charge in [-0.15, -0.1) is 0 Å². The molecule has 0 fully saturated rings. The largest absolute Gasteiger partial charge is 0.484 e. The number of furan rings is 2. The van der Waals surface area contributed by atoms with E-state index in [1.165, 1.54) is 18.2 Å². The Labute approximate surface area is 146 Å². The zero-order valence-electron chi connectivity index (χ0n) is 12.7. The van der Waals surface area contributed by atoms with Gasteiger partial charge in [0.2, 0.25) is 5.76 Å². The van der Waals surface area contributed by atoms with Crippen LogP contribution < -0.4 is 10.1 Å². The first-order valence-corrected chi connectivity index (χ1v) is 7.50. The fraction of sp³-hybridized carbons (Fsp3) is 0.0588. The Hall–Kier alpha value is -3.19. The van der Waals surface area contributed by atoms with Crippen LogP contribution in [0.25, 0.3) is 0 Å². The minimum absolute atomic E-state index is 0.119. The summed E-state index contributed by atoms with van der Waals surface area (Å²) in [5, 5.41) is 11.7. The Morgan fingerprint density at radius 2 is 1.96 bits per heavy atom. The van der Waals surface area contributed by atoms with E-state index in [0.29, 0.717) is 22.2 Å². The molecular formula is C17H12ClNO6. The van der Waals surface area contributed by atoms with Crippen LogP contribution >= 0.6 is 11.6 Å². The van der Waals surface area contributed by atoms with Crippen molar-refractivity contribution in [1.82, 2.24) is 0 Å². The lowest BCUT2D eigenvalue weighted by molar-refractivity contribution is 0.0660. The van der Waals surface area contributed by atoms with Crippen molar-refractivity contribution in [2.24, 2.45) is 0 Å². The molecule has 2 heterocycles. The second kappa shape index (κ2) is 7.14. The molecule has 7 nitrogen and oxygen atoms in total. The van der Waals surface area contributed by atoms with Crippen LogP contribution in [0.4, 0.5) is 5.69 Å². The zero-order chi connectivity index (χ0) is 17.8. The molecule has 3 rings (SSSR count). The molecule has 0 bridgehead atoms. The number of benzene rings is 1. The van der Waals surface area contributed by atoms with Gasteiger partial charge in [-0.05, 0) is 42.5 Å². The summed E-state index contributed by atoms with van der Waals surface area (Å²) in [7, 11) is 0. The number of nitrogens with one attached hydrogen (secondary N) is 1. The maximum atomic E-state index is 12.0. The van der Waals surface area contributed by atoms with Gasteiger partial charge in [0.15, 0.2) is 5.76 Å². The molecule has 8 heteroatoms. The normalized spacial score (nSPS) is 10.4. The topological polar surface area (TPSA) is 102 Å². The van der Waals surface area contributed by atoms with E-state index in [0.717, 1.165) is 0 Å². The lowest BCUT2D eigenvalue weighted by Gasteiger charge is -2.09. The van der Waals surface area contributed by atoms with Gasteiger partial charge in [-0.25, -0.2) is 4.79 Å². The molecule has 0 aliphatic carbocycles. The molecule has 0 aliphatic heterocycles. The van der Waals surface area contributed by atoms with Crippen molar-refractivity contribution < 1.29 is 28.3 Å². The fourth-order valence-corrected chi connectivity index (χ4v) is 2.24. The van der Waals surface area contributed by atoms with E-state index >= 15 is 0 Å². The average Bonchev–Trinajstić information content (AvgIpc) is 3.26. The number of hydrogen-bond acceptors (Lipinski definition) is 5. The summed E-state index contributed by atoms with van der Waals surface area (Å²) in [6.07, 6.45) is 1.54. The molecule has 128 valence electrons. The number of amides is 1. The van der Waals surface area contributed by atoms with Gasteiger partial charge >= 0.3 is 5.97 Å². The number of ether oxygens (including phenoxy) is 1. The Morgan fingerprint density at radius 3 is 2.60 bits per heavy atom. The number of carboxylic acids is 1. The van der Waals surface area contributed by atoms with Gasteiger partial charge in [0.25, 0.3) is 5.91 Å². The summed E-state index contributed by atoms with van der Waals surface area (Å²) in [4.78, 5) is 22.8. The highest BCUT2D eigenvalue weighted by Gasteiger charge is 2.15. The molecule has 1 aromatic carbocycles. The van der Waals surface area contributed by atoms with Gasteiger partial charge in [-0.3, -0.25) is 4.79 Å². The van der Waals surface area contributed by atoms with E-state index in [1.807, 2.05) is 0 Å². The summed E-state index contributed by atoms with van der Waals surface area (Å²) in [6.45, 7) is 0.225. The molecule has 2 N–H and O–H groups in total. The highest BCUT2D eigenvalue weighted by molar-refractivity contribution is 6.32. The number of carboxylic acid groups (broad SMARTS) is 1. The SMILES string of the molecule is O=C(O)c1ccc(C(=O)Nc2ccc(OCc3ccco3)c(Cl)c2)o1. The van der Waals surface area contributed by atoms with Crippen LogP contribution in [0.5, 0.6) is 5.75 Å². The number of halogens is 1.